The van der Waals surface area contributed by atoms with Crippen LogP contribution in [0.3, 0.4) is 0 Å². The van der Waals surface area contributed by atoms with Crippen LogP contribution in [0, 0.1) is 0 Å². The van der Waals surface area contributed by atoms with E-state index in [0.29, 0.717) is 145 Å². The van der Waals surface area contributed by atoms with Gasteiger partial charge in [0.2, 0.25) is 0 Å². The Bertz CT molecular complexity index is 455. The zero-order chi connectivity index (χ0) is 31.7. The molecule has 0 atom stereocenters. The van der Waals surface area contributed by atoms with Crippen molar-refractivity contribution in [2.24, 2.45) is 0 Å². The molecule has 0 amide bonds. The number of unbranched alkanes of at least 4 members (excludes halogenated alkanes) is 4. The molecular formula is C31H63FO12. The van der Waals surface area contributed by atoms with Gasteiger partial charge in [-0.05, 0) is 6.42 Å². The van der Waals surface area contributed by atoms with Crippen molar-refractivity contribution in [1.82, 2.24) is 0 Å². The third-order valence-electron chi connectivity index (χ3n) is 5.71. The minimum absolute atomic E-state index is 0.115. The second-order valence-electron chi connectivity index (χ2n) is 9.45. The van der Waals surface area contributed by atoms with Crippen LogP contribution in [0.15, 0.2) is 0 Å². The second kappa shape index (κ2) is 42.5. The van der Waals surface area contributed by atoms with Crippen LogP contribution in [0.1, 0.15) is 39.0 Å². The predicted octanol–water partition coefficient (Wildman–Crippen LogP) is 3.13. The molecule has 0 N–H and O–H groups in total. The van der Waals surface area contributed by atoms with Crippen molar-refractivity contribution >= 4 is 0 Å². The lowest BCUT2D eigenvalue weighted by Gasteiger charge is -2.09. The molecule has 266 valence electrons. The molecule has 0 saturated heterocycles. The summed E-state index contributed by atoms with van der Waals surface area (Å²) in [6.07, 6.45) is 6.27. The quantitative estimate of drug-likeness (QED) is 0.0911. The fraction of sp³-hybridized carbons (Fsp3) is 1.00. The summed E-state index contributed by atoms with van der Waals surface area (Å²) in [5, 5.41) is 0. The number of rotatable bonds is 41. The summed E-state index contributed by atoms with van der Waals surface area (Å²) in [4.78, 5) is 0. The molecule has 44 heavy (non-hydrogen) atoms. The lowest BCUT2D eigenvalue weighted by atomic mass is 10.2. The number of hydrogen-bond donors (Lipinski definition) is 0. The molecule has 0 aromatic heterocycles. The molecule has 0 aromatic carbocycles. The minimum atomic E-state index is -0.473. The van der Waals surface area contributed by atoms with Gasteiger partial charge in [-0.1, -0.05) is 32.6 Å². The van der Waals surface area contributed by atoms with E-state index in [1.54, 1.807) is 0 Å². The maximum atomic E-state index is 11.8. The molecule has 0 aliphatic carbocycles. The highest BCUT2D eigenvalue weighted by molar-refractivity contribution is 4.42. The Morgan fingerprint density at radius 2 is 0.455 bits per heavy atom. The molecule has 0 rings (SSSR count). The van der Waals surface area contributed by atoms with Gasteiger partial charge in [-0.3, -0.25) is 0 Å². The summed E-state index contributed by atoms with van der Waals surface area (Å²) >= 11 is 0. The van der Waals surface area contributed by atoms with Crippen LogP contribution in [0.4, 0.5) is 4.39 Å². The number of halogens is 1. The van der Waals surface area contributed by atoms with E-state index >= 15 is 0 Å². The van der Waals surface area contributed by atoms with Crippen LogP contribution in [-0.4, -0.2) is 165 Å². The van der Waals surface area contributed by atoms with E-state index < -0.39 is 6.67 Å². The van der Waals surface area contributed by atoms with Gasteiger partial charge in [-0.2, -0.15) is 0 Å². The van der Waals surface area contributed by atoms with Gasteiger partial charge in [-0.15, -0.1) is 0 Å². The molecule has 0 aromatic rings. The van der Waals surface area contributed by atoms with Crippen LogP contribution >= 0.6 is 0 Å². The molecule has 0 aliphatic rings. The Balaban J connectivity index is 3.03. The Morgan fingerprint density at radius 1 is 0.250 bits per heavy atom. The summed E-state index contributed by atoms with van der Waals surface area (Å²) in [6, 6.07) is 0. The third kappa shape index (κ3) is 41.4. The minimum Gasteiger partial charge on any atom is -0.379 e. The first-order valence-corrected chi connectivity index (χ1v) is 16.4. The number of ether oxygens (including phenoxy) is 12. The van der Waals surface area contributed by atoms with Gasteiger partial charge in [0.15, 0.2) is 0 Å². The van der Waals surface area contributed by atoms with Crippen molar-refractivity contribution < 1.29 is 61.2 Å². The molecule has 12 nitrogen and oxygen atoms in total. The molecule has 0 fully saturated rings. The van der Waals surface area contributed by atoms with Crippen molar-refractivity contribution in [2.45, 2.75) is 39.0 Å². The average Bonchev–Trinajstić information content (AvgIpc) is 3.04. The molecule has 13 heteroatoms. The summed E-state index contributed by atoms with van der Waals surface area (Å²) in [5.74, 6) is 0. The lowest BCUT2D eigenvalue weighted by molar-refractivity contribution is -0.0284. The third-order valence-corrected chi connectivity index (χ3v) is 5.71. The summed E-state index contributed by atoms with van der Waals surface area (Å²) in [7, 11) is 0. The van der Waals surface area contributed by atoms with Crippen LogP contribution < -0.4 is 0 Å². The van der Waals surface area contributed by atoms with Crippen molar-refractivity contribution in [2.75, 3.05) is 165 Å². The highest BCUT2D eigenvalue weighted by Crippen LogP contribution is 2.02. The Morgan fingerprint density at radius 3 is 0.682 bits per heavy atom. The van der Waals surface area contributed by atoms with Gasteiger partial charge in [0.25, 0.3) is 0 Å². The average molecular weight is 647 g/mol. The highest BCUT2D eigenvalue weighted by atomic mass is 19.1. The van der Waals surface area contributed by atoms with Crippen molar-refractivity contribution in [3.8, 4) is 0 Å². The topological polar surface area (TPSA) is 111 Å². The highest BCUT2D eigenvalue weighted by Gasteiger charge is 1.97. The van der Waals surface area contributed by atoms with E-state index in [1.807, 2.05) is 0 Å². The standard InChI is InChI=1S/C31H63FO12/c1-2-3-4-5-6-8-33-10-12-35-14-16-37-18-20-39-22-24-41-26-28-43-30-31-44-29-27-42-25-23-40-21-19-38-17-15-36-13-11-34-9-7-32/h2-31H2,1H3. The first-order chi connectivity index (χ1) is 21.9. The zero-order valence-electron chi connectivity index (χ0n) is 27.5. The van der Waals surface area contributed by atoms with Gasteiger partial charge in [-0.25, -0.2) is 4.39 Å². The van der Waals surface area contributed by atoms with Gasteiger partial charge in [0.1, 0.15) is 6.67 Å². The molecule has 0 bridgehead atoms. The molecule has 0 spiro atoms. The number of hydrogen-bond acceptors (Lipinski definition) is 12. The molecule has 0 aliphatic heterocycles. The Labute approximate surface area is 265 Å². The van der Waals surface area contributed by atoms with Crippen LogP contribution in [0.5, 0.6) is 0 Å². The lowest BCUT2D eigenvalue weighted by Crippen LogP contribution is -2.15. The van der Waals surface area contributed by atoms with Crippen LogP contribution in [0.2, 0.25) is 0 Å². The van der Waals surface area contributed by atoms with Crippen molar-refractivity contribution in [1.29, 1.82) is 0 Å². The summed E-state index contributed by atoms with van der Waals surface area (Å²) in [6.45, 7) is 14.0. The summed E-state index contributed by atoms with van der Waals surface area (Å²) < 4.78 is 76.7. The molecule has 0 saturated carbocycles. The first-order valence-electron chi connectivity index (χ1n) is 16.4. The fourth-order valence-corrected chi connectivity index (χ4v) is 3.38. The molecular weight excluding hydrogens is 583 g/mol. The second-order valence-corrected chi connectivity index (χ2v) is 9.45. The van der Waals surface area contributed by atoms with Crippen molar-refractivity contribution in [3.63, 3.8) is 0 Å². The Kier molecular flexibility index (Phi) is 41.9. The van der Waals surface area contributed by atoms with E-state index in [-0.39, 0.29) is 6.61 Å². The monoisotopic (exact) mass is 646 g/mol. The Hall–Kier alpha value is -0.550. The van der Waals surface area contributed by atoms with E-state index in [9.17, 15) is 4.39 Å². The smallest absolute Gasteiger partial charge is 0.113 e. The molecule has 0 radical (unpaired) electrons. The van der Waals surface area contributed by atoms with Gasteiger partial charge in [0.05, 0.1) is 152 Å². The van der Waals surface area contributed by atoms with E-state index in [2.05, 4.69) is 6.92 Å². The predicted molar refractivity (Wildman–Crippen MR) is 165 cm³/mol. The molecule has 0 heterocycles. The van der Waals surface area contributed by atoms with Gasteiger partial charge in [0, 0.05) is 6.61 Å². The van der Waals surface area contributed by atoms with E-state index in [1.165, 1.54) is 25.7 Å². The largest absolute Gasteiger partial charge is 0.379 e. The van der Waals surface area contributed by atoms with Gasteiger partial charge < -0.3 is 56.8 Å². The maximum Gasteiger partial charge on any atom is 0.113 e. The zero-order valence-corrected chi connectivity index (χ0v) is 27.5. The van der Waals surface area contributed by atoms with Crippen molar-refractivity contribution in [3.05, 3.63) is 0 Å². The van der Waals surface area contributed by atoms with E-state index in [0.717, 1.165) is 13.0 Å². The van der Waals surface area contributed by atoms with Crippen LogP contribution in [0.25, 0.3) is 0 Å². The van der Waals surface area contributed by atoms with Crippen LogP contribution in [-0.2, 0) is 56.8 Å². The normalized spacial score (nSPS) is 11.6. The fourth-order valence-electron chi connectivity index (χ4n) is 3.38. The molecule has 0 unspecified atom stereocenters. The van der Waals surface area contributed by atoms with Gasteiger partial charge >= 0.3 is 0 Å². The maximum absolute atomic E-state index is 11.8. The SMILES string of the molecule is CCCCCCCOCCOCCOCCOCCOCCOCCOCCOCCOCCOCCOCCOCCF. The number of alkyl halides is 1. The van der Waals surface area contributed by atoms with E-state index in [4.69, 9.17) is 56.8 Å². The summed E-state index contributed by atoms with van der Waals surface area (Å²) in [5.41, 5.74) is 0. The first kappa shape index (κ1) is 43.5.